The van der Waals surface area contributed by atoms with E-state index in [9.17, 15) is 8.78 Å². The molecule has 1 unspecified atom stereocenters. The normalized spacial score (nSPS) is 24.9. The van der Waals surface area contributed by atoms with Gasteiger partial charge in [0, 0.05) is 38.8 Å². The van der Waals surface area contributed by atoms with E-state index in [0.717, 1.165) is 52.2 Å². The van der Waals surface area contributed by atoms with Crippen LogP contribution in [0.4, 0.5) is 14.5 Å². The second-order valence-electron chi connectivity index (χ2n) is 5.47. The van der Waals surface area contributed by atoms with Gasteiger partial charge in [-0.1, -0.05) is 6.07 Å². The molecule has 20 heavy (non-hydrogen) atoms. The molecule has 1 aromatic rings. The zero-order chi connectivity index (χ0) is 13.9. The molecule has 1 atom stereocenters. The lowest BCUT2D eigenvalue weighted by Gasteiger charge is -2.27. The minimum Gasteiger partial charge on any atom is -0.380 e. The van der Waals surface area contributed by atoms with Gasteiger partial charge in [-0.3, -0.25) is 4.90 Å². The van der Waals surface area contributed by atoms with Gasteiger partial charge in [-0.25, -0.2) is 8.78 Å². The molecule has 0 N–H and O–H groups in total. The summed E-state index contributed by atoms with van der Waals surface area (Å²) >= 11 is 0. The second-order valence-corrected chi connectivity index (χ2v) is 5.47. The summed E-state index contributed by atoms with van der Waals surface area (Å²) in [7, 11) is 0. The summed E-state index contributed by atoms with van der Waals surface area (Å²) in [6.45, 7) is 5.02. The third-order valence-electron chi connectivity index (χ3n) is 4.22. The molecular formula is C15H20F2N2O. The van der Waals surface area contributed by atoms with Crippen LogP contribution in [0.5, 0.6) is 0 Å². The summed E-state index contributed by atoms with van der Waals surface area (Å²) in [5.74, 6) is -1.50. The van der Waals surface area contributed by atoms with E-state index in [1.54, 1.807) is 12.1 Å². The molecule has 1 aromatic carbocycles. The highest BCUT2D eigenvalue weighted by atomic mass is 19.2. The van der Waals surface area contributed by atoms with Crippen LogP contribution in [0.1, 0.15) is 12.8 Å². The molecule has 110 valence electrons. The largest absolute Gasteiger partial charge is 0.380 e. The molecule has 3 rings (SSSR count). The first-order valence-corrected chi connectivity index (χ1v) is 7.26. The first kappa shape index (κ1) is 13.8. The maximum atomic E-state index is 13.9. The molecule has 0 radical (unpaired) electrons. The van der Waals surface area contributed by atoms with E-state index in [4.69, 9.17) is 4.74 Å². The molecule has 2 fully saturated rings. The number of hydrogen-bond acceptors (Lipinski definition) is 3. The van der Waals surface area contributed by atoms with E-state index >= 15 is 0 Å². The predicted octanol–water partition coefficient (Wildman–Crippen LogP) is 2.27. The van der Waals surface area contributed by atoms with Crippen LogP contribution in [0.25, 0.3) is 0 Å². The van der Waals surface area contributed by atoms with Crippen molar-refractivity contribution in [2.24, 2.45) is 0 Å². The van der Waals surface area contributed by atoms with Crippen LogP contribution >= 0.6 is 0 Å². The highest BCUT2D eigenvalue weighted by molar-refractivity contribution is 5.48. The Balaban J connectivity index is 1.69. The standard InChI is InChI=1S/C15H20F2N2O/c16-13-3-1-4-14(15(13)17)19-7-2-6-18(8-9-19)12-5-10-20-11-12/h1,3-4,12H,2,5-11H2. The Bertz CT molecular complexity index is 463. The van der Waals surface area contributed by atoms with Gasteiger partial charge in [-0.2, -0.15) is 0 Å². The number of ether oxygens (including phenoxy) is 1. The number of benzene rings is 1. The minimum atomic E-state index is -0.771. The molecule has 2 aliphatic heterocycles. The summed E-state index contributed by atoms with van der Waals surface area (Å²) in [6, 6.07) is 4.89. The first-order valence-electron chi connectivity index (χ1n) is 7.26. The average molecular weight is 282 g/mol. The van der Waals surface area contributed by atoms with E-state index in [2.05, 4.69) is 4.90 Å². The SMILES string of the molecule is Fc1cccc(N2CCCN(C3CCOC3)CC2)c1F. The van der Waals surface area contributed by atoms with Crippen molar-refractivity contribution in [3.05, 3.63) is 29.8 Å². The van der Waals surface area contributed by atoms with Crippen LogP contribution in [0.15, 0.2) is 18.2 Å². The van der Waals surface area contributed by atoms with Crippen molar-refractivity contribution in [1.29, 1.82) is 0 Å². The van der Waals surface area contributed by atoms with Crippen molar-refractivity contribution in [2.45, 2.75) is 18.9 Å². The van der Waals surface area contributed by atoms with E-state index < -0.39 is 11.6 Å². The van der Waals surface area contributed by atoms with E-state index in [-0.39, 0.29) is 0 Å². The van der Waals surface area contributed by atoms with Gasteiger partial charge in [0.25, 0.3) is 0 Å². The van der Waals surface area contributed by atoms with Gasteiger partial charge in [0.05, 0.1) is 12.3 Å². The van der Waals surface area contributed by atoms with Crippen molar-refractivity contribution >= 4 is 5.69 Å². The summed E-state index contributed by atoms with van der Waals surface area (Å²) in [5, 5.41) is 0. The highest BCUT2D eigenvalue weighted by Gasteiger charge is 2.26. The zero-order valence-corrected chi connectivity index (χ0v) is 11.5. The van der Waals surface area contributed by atoms with Crippen LogP contribution in [-0.4, -0.2) is 50.3 Å². The van der Waals surface area contributed by atoms with E-state index in [0.29, 0.717) is 11.7 Å². The molecule has 2 heterocycles. The van der Waals surface area contributed by atoms with Crippen molar-refractivity contribution in [3.63, 3.8) is 0 Å². The number of halogens is 2. The lowest BCUT2D eigenvalue weighted by Crippen LogP contribution is -2.38. The first-order chi connectivity index (χ1) is 9.75. The third-order valence-corrected chi connectivity index (χ3v) is 4.22. The molecule has 0 bridgehead atoms. The maximum Gasteiger partial charge on any atom is 0.182 e. The van der Waals surface area contributed by atoms with Gasteiger partial charge in [-0.15, -0.1) is 0 Å². The Hall–Kier alpha value is -1.20. The van der Waals surface area contributed by atoms with Gasteiger partial charge in [0.1, 0.15) is 0 Å². The lowest BCUT2D eigenvalue weighted by atomic mass is 10.2. The Morgan fingerprint density at radius 2 is 2.00 bits per heavy atom. The van der Waals surface area contributed by atoms with Crippen molar-refractivity contribution < 1.29 is 13.5 Å². The fourth-order valence-electron chi connectivity index (χ4n) is 3.09. The van der Waals surface area contributed by atoms with Gasteiger partial charge < -0.3 is 9.64 Å². The highest BCUT2D eigenvalue weighted by Crippen LogP contribution is 2.23. The number of hydrogen-bond donors (Lipinski definition) is 0. The van der Waals surface area contributed by atoms with E-state index in [1.807, 2.05) is 4.90 Å². The van der Waals surface area contributed by atoms with Crippen molar-refractivity contribution in [1.82, 2.24) is 4.90 Å². The maximum absolute atomic E-state index is 13.9. The van der Waals surface area contributed by atoms with Crippen LogP contribution in [-0.2, 0) is 4.74 Å². The monoisotopic (exact) mass is 282 g/mol. The smallest absolute Gasteiger partial charge is 0.182 e. The van der Waals surface area contributed by atoms with Crippen LogP contribution < -0.4 is 4.90 Å². The third kappa shape index (κ3) is 2.79. The summed E-state index contributed by atoms with van der Waals surface area (Å²) in [5.41, 5.74) is 0.384. The fourth-order valence-corrected chi connectivity index (χ4v) is 3.09. The second kappa shape index (κ2) is 6.06. The van der Waals surface area contributed by atoms with Crippen LogP contribution in [0.3, 0.4) is 0 Å². The number of nitrogens with zero attached hydrogens (tertiary/aromatic N) is 2. The summed E-state index contributed by atoms with van der Waals surface area (Å²) in [4.78, 5) is 4.37. The summed E-state index contributed by atoms with van der Waals surface area (Å²) in [6.07, 6.45) is 2.04. The topological polar surface area (TPSA) is 15.7 Å². The Morgan fingerprint density at radius 1 is 1.10 bits per heavy atom. The lowest BCUT2D eigenvalue weighted by molar-refractivity contribution is 0.148. The molecule has 0 saturated carbocycles. The fraction of sp³-hybridized carbons (Fsp3) is 0.600. The molecule has 0 spiro atoms. The quantitative estimate of drug-likeness (QED) is 0.827. The predicted molar refractivity (Wildman–Crippen MR) is 74.0 cm³/mol. The molecule has 2 saturated heterocycles. The molecule has 0 aromatic heterocycles. The molecule has 3 nitrogen and oxygen atoms in total. The Labute approximate surface area is 118 Å². The molecule has 5 heteroatoms. The van der Waals surface area contributed by atoms with Crippen LogP contribution in [0, 0.1) is 11.6 Å². The van der Waals surface area contributed by atoms with Gasteiger partial charge in [0.15, 0.2) is 11.6 Å². The zero-order valence-electron chi connectivity index (χ0n) is 11.5. The Morgan fingerprint density at radius 3 is 2.80 bits per heavy atom. The van der Waals surface area contributed by atoms with Gasteiger partial charge in [-0.05, 0) is 25.0 Å². The number of rotatable bonds is 2. The molecule has 2 aliphatic rings. The minimum absolute atomic E-state index is 0.384. The van der Waals surface area contributed by atoms with Crippen LogP contribution in [0.2, 0.25) is 0 Å². The van der Waals surface area contributed by atoms with Gasteiger partial charge >= 0.3 is 0 Å². The molecule has 0 amide bonds. The van der Waals surface area contributed by atoms with Crippen molar-refractivity contribution in [3.8, 4) is 0 Å². The van der Waals surface area contributed by atoms with Crippen molar-refractivity contribution in [2.75, 3.05) is 44.3 Å². The van der Waals surface area contributed by atoms with E-state index in [1.165, 1.54) is 6.07 Å². The Kier molecular flexibility index (Phi) is 4.17. The molecule has 0 aliphatic carbocycles. The molecular weight excluding hydrogens is 262 g/mol. The van der Waals surface area contributed by atoms with Gasteiger partial charge in [0.2, 0.25) is 0 Å². The average Bonchev–Trinajstić information content (AvgIpc) is 2.87. The number of anilines is 1. The summed E-state index contributed by atoms with van der Waals surface area (Å²) < 4.78 is 32.6.